The lowest BCUT2D eigenvalue weighted by atomic mass is 9.94. The quantitative estimate of drug-likeness (QED) is 0.361. The summed E-state index contributed by atoms with van der Waals surface area (Å²) in [6, 6.07) is 10.6. The SMILES string of the molecule is CCCCN1C(=O)C(=O)/C(=C(\O)c2ccc(F)c(C)c2)C1c1ccc(OCCC)cc1. The Hall–Kier alpha value is -3.15. The molecule has 1 atom stereocenters. The summed E-state index contributed by atoms with van der Waals surface area (Å²) >= 11 is 0. The monoisotopic (exact) mass is 425 g/mol. The number of likely N-dealkylation sites (tertiary alicyclic amines) is 1. The van der Waals surface area contributed by atoms with Crippen molar-refractivity contribution in [2.45, 2.75) is 46.1 Å². The maximum absolute atomic E-state index is 13.7. The molecular weight excluding hydrogens is 397 g/mol. The standard InChI is InChI=1S/C25H28FNO4/c1-4-6-13-27-22(17-7-10-19(11-8-17)31-14-5-2)21(24(29)25(27)30)23(28)18-9-12-20(26)16(3)15-18/h7-12,15,22,28H,4-6,13-14H2,1-3H3/b23-21-. The fourth-order valence-electron chi connectivity index (χ4n) is 3.70. The van der Waals surface area contributed by atoms with Crippen molar-refractivity contribution in [3.8, 4) is 5.75 Å². The largest absolute Gasteiger partial charge is 0.507 e. The van der Waals surface area contributed by atoms with Crippen LogP contribution in [0.5, 0.6) is 5.75 Å². The van der Waals surface area contributed by atoms with E-state index in [4.69, 9.17) is 4.74 Å². The molecule has 31 heavy (non-hydrogen) atoms. The highest BCUT2D eigenvalue weighted by molar-refractivity contribution is 6.46. The second-order valence-corrected chi connectivity index (χ2v) is 7.73. The number of nitrogens with zero attached hydrogens (tertiary/aromatic N) is 1. The number of amides is 1. The van der Waals surface area contributed by atoms with Crippen LogP contribution >= 0.6 is 0 Å². The van der Waals surface area contributed by atoms with Crippen LogP contribution in [-0.2, 0) is 9.59 Å². The Morgan fingerprint density at radius 1 is 1.10 bits per heavy atom. The molecule has 1 saturated heterocycles. The molecule has 1 aliphatic rings. The second-order valence-electron chi connectivity index (χ2n) is 7.73. The predicted octanol–water partition coefficient (Wildman–Crippen LogP) is 5.14. The van der Waals surface area contributed by atoms with Crippen molar-refractivity contribution in [1.82, 2.24) is 4.90 Å². The molecule has 0 spiro atoms. The molecule has 164 valence electrons. The summed E-state index contributed by atoms with van der Waals surface area (Å²) in [5.41, 5.74) is 1.38. The van der Waals surface area contributed by atoms with E-state index in [0.29, 0.717) is 35.6 Å². The zero-order valence-electron chi connectivity index (χ0n) is 18.2. The van der Waals surface area contributed by atoms with Crippen LogP contribution in [0.15, 0.2) is 48.0 Å². The van der Waals surface area contributed by atoms with E-state index in [2.05, 4.69) is 0 Å². The summed E-state index contributed by atoms with van der Waals surface area (Å²) in [4.78, 5) is 27.3. The topological polar surface area (TPSA) is 66.8 Å². The number of benzene rings is 2. The van der Waals surface area contributed by atoms with E-state index in [1.807, 2.05) is 26.0 Å². The Morgan fingerprint density at radius 2 is 1.81 bits per heavy atom. The summed E-state index contributed by atoms with van der Waals surface area (Å²) in [5, 5.41) is 11.0. The van der Waals surface area contributed by atoms with Crippen LogP contribution in [0.25, 0.3) is 5.76 Å². The smallest absolute Gasteiger partial charge is 0.295 e. The number of hydrogen-bond donors (Lipinski definition) is 1. The summed E-state index contributed by atoms with van der Waals surface area (Å²) in [5.74, 6) is -1.36. The Morgan fingerprint density at radius 3 is 2.42 bits per heavy atom. The maximum Gasteiger partial charge on any atom is 0.295 e. The van der Waals surface area contributed by atoms with E-state index in [9.17, 15) is 19.1 Å². The molecule has 1 amide bonds. The fourth-order valence-corrected chi connectivity index (χ4v) is 3.70. The number of rotatable bonds is 8. The van der Waals surface area contributed by atoms with Gasteiger partial charge in [-0.25, -0.2) is 4.39 Å². The van der Waals surface area contributed by atoms with Gasteiger partial charge in [0.15, 0.2) is 0 Å². The van der Waals surface area contributed by atoms with Gasteiger partial charge in [-0.05, 0) is 61.2 Å². The summed E-state index contributed by atoms with van der Waals surface area (Å²) < 4.78 is 19.3. The minimum Gasteiger partial charge on any atom is -0.507 e. The van der Waals surface area contributed by atoms with Crippen LogP contribution in [-0.4, -0.2) is 34.8 Å². The van der Waals surface area contributed by atoms with Gasteiger partial charge in [-0.15, -0.1) is 0 Å². The van der Waals surface area contributed by atoms with E-state index >= 15 is 0 Å². The number of ketones is 1. The van der Waals surface area contributed by atoms with Crippen LogP contribution in [0.2, 0.25) is 0 Å². The number of hydrogen-bond acceptors (Lipinski definition) is 4. The lowest BCUT2D eigenvalue weighted by molar-refractivity contribution is -0.139. The molecule has 5 nitrogen and oxygen atoms in total. The number of aliphatic hydroxyl groups excluding tert-OH is 1. The Balaban J connectivity index is 2.09. The minimum atomic E-state index is -0.730. The highest BCUT2D eigenvalue weighted by atomic mass is 19.1. The van der Waals surface area contributed by atoms with Gasteiger partial charge in [0.05, 0.1) is 18.2 Å². The van der Waals surface area contributed by atoms with Crippen LogP contribution in [0.1, 0.15) is 55.8 Å². The zero-order valence-corrected chi connectivity index (χ0v) is 18.2. The number of carbonyl (C=O) groups is 2. The van der Waals surface area contributed by atoms with E-state index < -0.39 is 23.5 Å². The zero-order chi connectivity index (χ0) is 22.5. The molecule has 6 heteroatoms. The van der Waals surface area contributed by atoms with Crippen molar-refractivity contribution >= 4 is 17.4 Å². The van der Waals surface area contributed by atoms with Gasteiger partial charge in [0.2, 0.25) is 0 Å². The third-order valence-electron chi connectivity index (χ3n) is 5.39. The highest BCUT2D eigenvalue weighted by Crippen LogP contribution is 2.40. The molecule has 1 N–H and O–H groups in total. The number of carbonyl (C=O) groups excluding carboxylic acids is 2. The molecule has 0 aromatic heterocycles. The highest BCUT2D eigenvalue weighted by Gasteiger charge is 2.45. The lowest BCUT2D eigenvalue weighted by Gasteiger charge is -2.25. The van der Waals surface area contributed by atoms with Gasteiger partial charge in [0, 0.05) is 12.1 Å². The Labute approximate surface area is 182 Å². The van der Waals surface area contributed by atoms with Crippen molar-refractivity contribution in [1.29, 1.82) is 0 Å². The summed E-state index contributed by atoms with van der Waals surface area (Å²) in [6.07, 6.45) is 2.48. The maximum atomic E-state index is 13.7. The van der Waals surface area contributed by atoms with Crippen molar-refractivity contribution in [3.63, 3.8) is 0 Å². The first-order chi connectivity index (χ1) is 14.9. The van der Waals surface area contributed by atoms with Gasteiger partial charge in [-0.1, -0.05) is 32.4 Å². The summed E-state index contributed by atoms with van der Waals surface area (Å²) in [7, 11) is 0. The number of ether oxygens (including phenoxy) is 1. The van der Waals surface area contributed by atoms with Crippen LogP contribution in [0.3, 0.4) is 0 Å². The molecule has 1 aliphatic heterocycles. The molecule has 1 unspecified atom stereocenters. The molecule has 0 saturated carbocycles. The molecule has 2 aromatic carbocycles. The predicted molar refractivity (Wildman–Crippen MR) is 117 cm³/mol. The average molecular weight is 426 g/mol. The van der Waals surface area contributed by atoms with Gasteiger partial charge in [-0.3, -0.25) is 9.59 Å². The third kappa shape index (κ3) is 4.63. The minimum absolute atomic E-state index is 0.0225. The Kier molecular flexibility index (Phi) is 7.10. The fraction of sp³-hybridized carbons (Fsp3) is 0.360. The van der Waals surface area contributed by atoms with Crippen LogP contribution in [0, 0.1) is 12.7 Å². The van der Waals surface area contributed by atoms with E-state index in [1.54, 1.807) is 19.1 Å². The third-order valence-corrected chi connectivity index (χ3v) is 5.39. The molecule has 0 aliphatic carbocycles. The molecule has 0 bridgehead atoms. The number of aryl methyl sites for hydroxylation is 1. The Bertz CT molecular complexity index is 997. The number of Topliss-reactive ketones (excluding diaryl/α,β-unsaturated/α-hetero) is 1. The van der Waals surface area contributed by atoms with Gasteiger partial charge in [0.1, 0.15) is 17.3 Å². The van der Waals surface area contributed by atoms with Crippen molar-refractivity contribution in [3.05, 3.63) is 70.5 Å². The van der Waals surface area contributed by atoms with E-state index in [1.165, 1.54) is 23.1 Å². The first-order valence-electron chi connectivity index (χ1n) is 10.7. The lowest BCUT2D eigenvalue weighted by Crippen LogP contribution is -2.30. The van der Waals surface area contributed by atoms with E-state index in [-0.39, 0.29) is 11.3 Å². The van der Waals surface area contributed by atoms with Crippen LogP contribution in [0.4, 0.5) is 4.39 Å². The van der Waals surface area contributed by atoms with Crippen molar-refractivity contribution in [2.24, 2.45) is 0 Å². The van der Waals surface area contributed by atoms with Gasteiger partial charge >= 0.3 is 0 Å². The van der Waals surface area contributed by atoms with Crippen molar-refractivity contribution < 1.29 is 23.8 Å². The molecule has 3 rings (SSSR count). The van der Waals surface area contributed by atoms with Gasteiger partial charge in [-0.2, -0.15) is 0 Å². The van der Waals surface area contributed by atoms with Crippen LogP contribution < -0.4 is 4.74 Å². The van der Waals surface area contributed by atoms with Gasteiger partial charge < -0.3 is 14.7 Å². The molecule has 2 aromatic rings. The molecule has 1 heterocycles. The molecule has 1 fully saturated rings. The normalized spacial score (nSPS) is 17.9. The summed E-state index contributed by atoms with van der Waals surface area (Å²) in [6.45, 7) is 6.61. The van der Waals surface area contributed by atoms with Gasteiger partial charge in [0.25, 0.3) is 11.7 Å². The number of aliphatic hydroxyl groups is 1. The average Bonchev–Trinajstić information content (AvgIpc) is 3.02. The first-order valence-corrected chi connectivity index (χ1v) is 10.7. The molecule has 0 radical (unpaired) electrons. The molecular formula is C25H28FNO4. The first kappa shape index (κ1) is 22.5. The number of halogens is 1. The van der Waals surface area contributed by atoms with E-state index in [0.717, 1.165) is 19.3 Å². The van der Waals surface area contributed by atoms with Crippen molar-refractivity contribution in [2.75, 3.05) is 13.2 Å². The second kappa shape index (κ2) is 9.77. The number of unbranched alkanes of at least 4 members (excludes halogenated alkanes) is 1.